The number of aromatic nitrogens is 2. The van der Waals surface area contributed by atoms with Crippen LogP contribution in [0.2, 0.25) is 0 Å². The Morgan fingerprint density at radius 2 is 2.06 bits per heavy atom. The maximum atomic E-state index is 13.4. The Bertz CT molecular complexity index is 714. The average molecular weight is 241 g/mol. The number of benzene rings is 1. The molecule has 0 aliphatic rings. The van der Waals surface area contributed by atoms with Crippen molar-refractivity contribution in [1.29, 1.82) is 0 Å². The van der Waals surface area contributed by atoms with E-state index >= 15 is 0 Å². The fourth-order valence-corrected chi connectivity index (χ4v) is 2.18. The number of nitrogens with two attached hydrogens (primary N) is 1. The molecule has 1 aromatic carbocycles. The molecule has 2 heterocycles. The first-order valence-electron chi connectivity index (χ1n) is 5.65. The number of hydrogen-bond acceptors (Lipinski definition) is 2. The molecule has 3 rings (SSSR count). The quantitative estimate of drug-likeness (QED) is 0.687. The fourth-order valence-electron chi connectivity index (χ4n) is 2.18. The molecular weight excluding hydrogens is 229 g/mol. The normalized spacial score (nSPS) is 11.0. The van der Waals surface area contributed by atoms with Crippen LogP contribution in [0.3, 0.4) is 0 Å². The minimum absolute atomic E-state index is 0.252. The molecule has 90 valence electrons. The summed E-state index contributed by atoms with van der Waals surface area (Å²) in [5, 5.41) is 0.838. The van der Waals surface area contributed by atoms with Crippen LogP contribution in [0.1, 0.15) is 5.69 Å². The molecule has 3 nitrogen and oxygen atoms in total. The number of pyridine rings is 1. The Morgan fingerprint density at radius 1 is 1.22 bits per heavy atom. The number of aryl methyl sites for hydroxylation is 1. The van der Waals surface area contributed by atoms with E-state index in [0.29, 0.717) is 5.69 Å². The summed E-state index contributed by atoms with van der Waals surface area (Å²) < 4.78 is 13.4. The molecule has 0 amide bonds. The highest BCUT2D eigenvalue weighted by molar-refractivity contribution is 5.96. The van der Waals surface area contributed by atoms with E-state index in [0.717, 1.165) is 27.9 Å². The van der Waals surface area contributed by atoms with E-state index in [1.165, 1.54) is 12.1 Å². The maximum Gasteiger partial charge on any atom is 0.123 e. The van der Waals surface area contributed by atoms with Gasteiger partial charge < -0.3 is 10.7 Å². The maximum absolute atomic E-state index is 13.4. The summed E-state index contributed by atoms with van der Waals surface area (Å²) >= 11 is 0. The molecule has 0 radical (unpaired) electrons. The molecule has 3 aromatic rings. The van der Waals surface area contributed by atoms with Crippen molar-refractivity contribution in [3.05, 3.63) is 48.0 Å². The van der Waals surface area contributed by atoms with Gasteiger partial charge in [-0.3, -0.25) is 4.98 Å². The van der Waals surface area contributed by atoms with Gasteiger partial charge in [0, 0.05) is 22.2 Å². The van der Waals surface area contributed by atoms with E-state index in [4.69, 9.17) is 5.73 Å². The third-order valence-corrected chi connectivity index (χ3v) is 2.99. The lowest BCUT2D eigenvalue weighted by Crippen LogP contribution is -1.89. The van der Waals surface area contributed by atoms with Crippen molar-refractivity contribution < 1.29 is 4.39 Å². The summed E-state index contributed by atoms with van der Waals surface area (Å²) in [6.45, 7) is 1.95. The number of nitrogens with one attached hydrogen (secondary N) is 1. The molecule has 2 aromatic heterocycles. The smallest absolute Gasteiger partial charge is 0.123 e. The Kier molecular flexibility index (Phi) is 2.30. The predicted octanol–water partition coefficient (Wildman–Crippen LogP) is 3.26. The number of H-pyrrole nitrogens is 1. The van der Waals surface area contributed by atoms with Gasteiger partial charge in [-0.25, -0.2) is 4.39 Å². The SMILES string of the molecule is Cc1[nH]c2ccc(F)cc2c1-c1ccc(N)cn1. The molecule has 0 spiro atoms. The summed E-state index contributed by atoms with van der Waals surface area (Å²) in [4.78, 5) is 7.52. The highest BCUT2D eigenvalue weighted by Crippen LogP contribution is 2.31. The number of halogens is 1. The second kappa shape index (κ2) is 3.84. The zero-order valence-electron chi connectivity index (χ0n) is 9.87. The van der Waals surface area contributed by atoms with Gasteiger partial charge in [0.05, 0.1) is 17.6 Å². The second-order valence-electron chi connectivity index (χ2n) is 4.29. The van der Waals surface area contributed by atoms with Gasteiger partial charge in [-0.1, -0.05) is 0 Å². The van der Waals surface area contributed by atoms with E-state index in [1.54, 1.807) is 18.3 Å². The van der Waals surface area contributed by atoms with Crippen LogP contribution in [0.5, 0.6) is 0 Å². The van der Waals surface area contributed by atoms with Gasteiger partial charge in [-0.2, -0.15) is 0 Å². The van der Waals surface area contributed by atoms with Crippen LogP contribution in [0.25, 0.3) is 22.2 Å². The van der Waals surface area contributed by atoms with Gasteiger partial charge in [0.1, 0.15) is 5.82 Å². The van der Waals surface area contributed by atoms with Gasteiger partial charge in [0.25, 0.3) is 0 Å². The summed E-state index contributed by atoms with van der Waals surface area (Å²) in [6, 6.07) is 8.33. The summed E-state index contributed by atoms with van der Waals surface area (Å²) in [5.74, 6) is -0.252. The standard InChI is InChI=1S/C14H12FN3/c1-8-14(13-5-3-10(16)7-17-13)11-6-9(15)2-4-12(11)18-8/h2-7,18H,16H2,1H3. The van der Waals surface area contributed by atoms with Gasteiger partial charge >= 0.3 is 0 Å². The van der Waals surface area contributed by atoms with Crippen LogP contribution in [-0.2, 0) is 0 Å². The number of hydrogen-bond donors (Lipinski definition) is 2. The second-order valence-corrected chi connectivity index (χ2v) is 4.29. The first kappa shape index (κ1) is 10.8. The van der Waals surface area contributed by atoms with Crippen molar-refractivity contribution in [1.82, 2.24) is 9.97 Å². The van der Waals surface area contributed by atoms with Gasteiger partial charge in [-0.05, 0) is 37.3 Å². The van der Waals surface area contributed by atoms with E-state index in [9.17, 15) is 4.39 Å². The number of aromatic amines is 1. The number of nitrogen functional groups attached to an aromatic ring is 1. The van der Waals surface area contributed by atoms with E-state index < -0.39 is 0 Å². The molecule has 0 saturated carbocycles. The third-order valence-electron chi connectivity index (χ3n) is 2.99. The average Bonchev–Trinajstić information content (AvgIpc) is 2.66. The summed E-state index contributed by atoms with van der Waals surface area (Å²) in [7, 11) is 0. The van der Waals surface area contributed by atoms with Crippen LogP contribution in [-0.4, -0.2) is 9.97 Å². The van der Waals surface area contributed by atoms with Crippen molar-refractivity contribution in [2.24, 2.45) is 0 Å². The third kappa shape index (κ3) is 1.62. The molecule has 0 fully saturated rings. The van der Waals surface area contributed by atoms with Crippen molar-refractivity contribution in [3.8, 4) is 11.3 Å². The molecule has 0 atom stereocenters. The van der Waals surface area contributed by atoms with Crippen molar-refractivity contribution >= 4 is 16.6 Å². The van der Waals surface area contributed by atoms with Gasteiger partial charge in [0.15, 0.2) is 0 Å². The first-order valence-corrected chi connectivity index (χ1v) is 5.65. The molecule has 0 unspecified atom stereocenters. The number of nitrogens with zero attached hydrogens (tertiary/aromatic N) is 1. The van der Waals surface area contributed by atoms with Crippen molar-refractivity contribution in [3.63, 3.8) is 0 Å². The zero-order valence-corrected chi connectivity index (χ0v) is 9.87. The Balaban J connectivity index is 2.30. The molecule has 4 heteroatoms. The van der Waals surface area contributed by atoms with Gasteiger partial charge in [0.2, 0.25) is 0 Å². The summed E-state index contributed by atoms with van der Waals surface area (Å²) in [6.07, 6.45) is 1.60. The van der Waals surface area contributed by atoms with E-state index in [-0.39, 0.29) is 5.82 Å². The largest absolute Gasteiger partial charge is 0.397 e. The highest BCUT2D eigenvalue weighted by Gasteiger charge is 2.12. The van der Waals surface area contributed by atoms with Crippen molar-refractivity contribution in [2.75, 3.05) is 5.73 Å². The lowest BCUT2D eigenvalue weighted by atomic mass is 10.1. The Morgan fingerprint density at radius 3 is 2.78 bits per heavy atom. The monoisotopic (exact) mass is 241 g/mol. The van der Waals surface area contributed by atoms with Crippen LogP contribution < -0.4 is 5.73 Å². The molecular formula is C14H12FN3. The zero-order chi connectivity index (χ0) is 12.7. The minimum Gasteiger partial charge on any atom is -0.397 e. The number of anilines is 1. The molecule has 0 aliphatic heterocycles. The van der Waals surface area contributed by atoms with Crippen LogP contribution >= 0.6 is 0 Å². The number of rotatable bonds is 1. The fraction of sp³-hybridized carbons (Fsp3) is 0.0714. The van der Waals surface area contributed by atoms with Gasteiger partial charge in [-0.15, -0.1) is 0 Å². The molecule has 0 aliphatic carbocycles. The van der Waals surface area contributed by atoms with Crippen LogP contribution in [0, 0.1) is 12.7 Å². The molecule has 3 N–H and O–H groups in total. The van der Waals surface area contributed by atoms with E-state index in [1.807, 2.05) is 13.0 Å². The van der Waals surface area contributed by atoms with Crippen molar-refractivity contribution in [2.45, 2.75) is 6.92 Å². The topological polar surface area (TPSA) is 54.7 Å². The lowest BCUT2D eigenvalue weighted by Gasteiger charge is -2.01. The molecule has 0 bridgehead atoms. The van der Waals surface area contributed by atoms with Crippen LogP contribution in [0.4, 0.5) is 10.1 Å². The number of fused-ring (bicyclic) bond motifs is 1. The Hall–Kier alpha value is -2.36. The van der Waals surface area contributed by atoms with Crippen LogP contribution in [0.15, 0.2) is 36.5 Å². The van der Waals surface area contributed by atoms with E-state index in [2.05, 4.69) is 9.97 Å². The molecule has 0 saturated heterocycles. The predicted molar refractivity (Wildman–Crippen MR) is 70.6 cm³/mol. The highest BCUT2D eigenvalue weighted by atomic mass is 19.1. The lowest BCUT2D eigenvalue weighted by molar-refractivity contribution is 0.630. The summed E-state index contributed by atoms with van der Waals surface area (Å²) in [5.41, 5.74) is 9.82. The minimum atomic E-state index is -0.252. The first-order chi connectivity index (χ1) is 8.65. The Labute approximate surface area is 103 Å². The molecule has 18 heavy (non-hydrogen) atoms.